The zero-order chi connectivity index (χ0) is 13.9. The molecular formula is C15H11NO3S. The molecule has 0 bridgehead atoms. The molecule has 0 fully saturated rings. The Morgan fingerprint density at radius 2 is 1.75 bits per heavy atom. The molecule has 0 atom stereocenters. The predicted molar refractivity (Wildman–Crippen MR) is 79.5 cm³/mol. The van der Waals surface area contributed by atoms with Gasteiger partial charge in [0.25, 0.3) is 0 Å². The van der Waals surface area contributed by atoms with E-state index in [0.717, 1.165) is 21.7 Å². The molecule has 4 aromatic rings. The number of nitrogens with zero attached hydrogens (tertiary/aromatic N) is 1. The van der Waals surface area contributed by atoms with Gasteiger partial charge in [-0.1, -0.05) is 18.2 Å². The van der Waals surface area contributed by atoms with Crippen molar-refractivity contribution in [3.63, 3.8) is 0 Å². The summed E-state index contributed by atoms with van der Waals surface area (Å²) in [7, 11) is -3.38. The number of rotatable bonds is 1. The van der Waals surface area contributed by atoms with Gasteiger partial charge in [-0.3, -0.25) is 0 Å². The van der Waals surface area contributed by atoms with Crippen LogP contribution >= 0.6 is 0 Å². The molecule has 0 aliphatic rings. The second-order valence-corrected chi connectivity index (χ2v) is 6.67. The minimum atomic E-state index is -3.38. The Morgan fingerprint density at radius 1 is 0.950 bits per heavy atom. The third-order valence-corrected chi connectivity index (χ3v) is 4.61. The fourth-order valence-electron chi connectivity index (χ4n) is 2.83. The zero-order valence-corrected chi connectivity index (χ0v) is 11.5. The Kier molecular flexibility index (Phi) is 2.10. The predicted octanol–water partition coefficient (Wildman–Crippen LogP) is 3.35. The number of para-hydroxylation sites is 1. The van der Waals surface area contributed by atoms with Gasteiger partial charge in [-0.2, -0.15) is 0 Å². The number of benzene rings is 2. The van der Waals surface area contributed by atoms with Crippen LogP contribution in [-0.2, 0) is 10.0 Å². The first kappa shape index (κ1) is 11.5. The molecule has 0 aliphatic heterocycles. The van der Waals surface area contributed by atoms with E-state index >= 15 is 0 Å². The van der Waals surface area contributed by atoms with E-state index in [1.54, 1.807) is 18.4 Å². The summed E-state index contributed by atoms with van der Waals surface area (Å²) in [5.74, 6) is 0. The van der Waals surface area contributed by atoms with Crippen LogP contribution in [0.1, 0.15) is 0 Å². The molecule has 100 valence electrons. The van der Waals surface area contributed by atoms with Gasteiger partial charge < -0.3 is 4.42 Å². The van der Waals surface area contributed by atoms with Crippen molar-refractivity contribution in [1.29, 1.82) is 0 Å². The van der Waals surface area contributed by atoms with E-state index in [9.17, 15) is 8.42 Å². The molecule has 0 unspecified atom stereocenters. The van der Waals surface area contributed by atoms with Crippen molar-refractivity contribution in [2.45, 2.75) is 0 Å². The van der Waals surface area contributed by atoms with Gasteiger partial charge in [0.2, 0.25) is 10.0 Å². The average Bonchev–Trinajstić information content (AvgIpc) is 2.98. The van der Waals surface area contributed by atoms with E-state index in [2.05, 4.69) is 0 Å². The maximum Gasteiger partial charge on any atom is 0.236 e. The van der Waals surface area contributed by atoms with Crippen LogP contribution < -0.4 is 0 Å². The molecule has 0 spiro atoms. The van der Waals surface area contributed by atoms with E-state index in [0.29, 0.717) is 11.0 Å². The lowest BCUT2D eigenvalue weighted by molar-refractivity contribution is 0.596. The molecule has 4 nitrogen and oxygen atoms in total. The second kappa shape index (κ2) is 3.64. The second-order valence-electron chi connectivity index (χ2n) is 4.84. The highest BCUT2D eigenvalue weighted by molar-refractivity contribution is 7.89. The molecule has 5 heteroatoms. The van der Waals surface area contributed by atoms with Crippen molar-refractivity contribution < 1.29 is 12.8 Å². The Bertz CT molecular complexity index is 1070. The van der Waals surface area contributed by atoms with Gasteiger partial charge in [0, 0.05) is 16.2 Å². The van der Waals surface area contributed by atoms with Gasteiger partial charge in [0.15, 0.2) is 0 Å². The summed E-state index contributed by atoms with van der Waals surface area (Å²) in [6.45, 7) is 0. The number of hydrogen-bond acceptors (Lipinski definition) is 3. The Morgan fingerprint density at radius 3 is 2.55 bits per heavy atom. The third-order valence-electron chi connectivity index (χ3n) is 3.56. The molecule has 0 saturated carbocycles. The lowest BCUT2D eigenvalue weighted by Gasteiger charge is -2.03. The summed E-state index contributed by atoms with van der Waals surface area (Å²) in [5, 5.41) is 2.76. The van der Waals surface area contributed by atoms with Crippen LogP contribution in [-0.4, -0.2) is 18.6 Å². The van der Waals surface area contributed by atoms with Crippen LogP contribution in [0.5, 0.6) is 0 Å². The molecule has 2 aromatic heterocycles. The van der Waals surface area contributed by atoms with Gasteiger partial charge >= 0.3 is 0 Å². The number of hydrogen-bond donors (Lipinski definition) is 0. The summed E-state index contributed by atoms with van der Waals surface area (Å²) in [4.78, 5) is 0. The highest BCUT2D eigenvalue weighted by atomic mass is 32.2. The summed E-state index contributed by atoms with van der Waals surface area (Å²) in [6, 6.07) is 13.0. The van der Waals surface area contributed by atoms with Crippen molar-refractivity contribution in [3.8, 4) is 0 Å². The van der Waals surface area contributed by atoms with Crippen molar-refractivity contribution in [1.82, 2.24) is 3.97 Å². The summed E-state index contributed by atoms with van der Waals surface area (Å²) >= 11 is 0. The monoisotopic (exact) mass is 285 g/mol. The molecule has 20 heavy (non-hydrogen) atoms. The fourth-order valence-corrected chi connectivity index (χ4v) is 3.86. The maximum absolute atomic E-state index is 12.1. The van der Waals surface area contributed by atoms with Crippen molar-refractivity contribution in [3.05, 3.63) is 48.7 Å². The first-order valence-electron chi connectivity index (χ1n) is 6.17. The molecule has 2 aromatic carbocycles. The first-order valence-corrected chi connectivity index (χ1v) is 8.02. The van der Waals surface area contributed by atoms with Crippen LogP contribution in [0, 0.1) is 0 Å². The van der Waals surface area contributed by atoms with E-state index in [4.69, 9.17) is 4.42 Å². The molecule has 0 saturated heterocycles. The Balaban J connectivity index is 2.43. The van der Waals surface area contributed by atoms with Crippen LogP contribution in [0.4, 0.5) is 0 Å². The van der Waals surface area contributed by atoms with E-state index in [-0.39, 0.29) is 0 Å². The van der Waals surface area contributed by atoms with Crippen LogP contribution in [0.25, 0.3) is 32.8 Å². The van der Waals surface area contributed by atoms with E-state index in [1.807, 2.05) is 30.3 Å². The van der Waals surface area contributed by atoms with Crippen LogP contribution in [0.3, 0.4) is 0 Å². The smallest absolute Gasteiger partial charge is 0.236 e. The highest BCUT2D eigenvalue weighted by Gasteiger charge is 2.18. The maximum atomic E-state index is 12.1. The summed E-state index contributed by atoms with van der Waals surface area (Å²) in [5.41, 5.74) is 2.13. The number of furan rings is 1. The molecule has 4 rings (SSSR count). The minimum absolute atomic E-state index is 0.683. The Labute approximate surface area is 115 Å². The van der Waals surface area contributed by atoms with E-state index < -0.39 is 10.0 Å². The van der Waals surface area contributed by atoms with Gasteiger partial charge in [0.1, 0.15) is 5.58 Å². The average molecular weight is 285 g/mol. The lowest BCUT2D eigenvalue weighted by atomic mass is 10.1. The number of aromatic nitrogens is 1. The van der Waals surface area contributed by atoms with Gasteiger partial charge in [0.05, 0.1) is 23.6 Å². The molecule has 0 N–H and O–H groups in total. The van der Waals surface area contributed by atoms with Gasteiger partial charge in [-0.05, 0) is 24.3 Å². The number of fused-ring (bicyclic) bond motifs is 5. The van der Waals surface area contributed by atoms with Crippen molar-refractivity contribution >= 4 is 42.8 Å². The minimum Gasteiger partial charge on any atom is -0.464 e. The quantitative estimate of drug-likeness (QED) is 0.539. The fraction of sp³-hybridized carbons (Fsp3) is 0.0667. The highest BCUT2D eigenvalue weighted by Crippen LogP contribution is 2.35. The van der Waals surface area contributed by atoms with Crippen molar-refractivity contribution in [2.75, 3.05) is 6.26 Å². The first-order chi connectivity index (χ1) is 9.57. The Hall–Kier alpha value is -2.27. The molecule has 0 aliphatic carbocycles. The largest absolute Gasteiger partial charge is 0.464 e. The zero-order valence-electron chi connectivity index (χ0n) is 10.7. The van der Waals surface area contributed by atoms with Crippen molar-refractivity contribution in [2.24, 2.45) is 0 Å². The normalized spacial score (nSPS) is 12.7. The van der Waals surface area contributed by atoms with Gasteiger partial charge in [-0.25, -0.2) is 12.4 Å². The molecular weight excluding hydrogens is 274 g/mol. The third kappa shape index (κ3) is 1.38. The van der Waals surface area contributed by atoms with Crippen LogP contribution in [0.2, 0.25) is 0 Å². The standard InChI is InChI=1S/C15H11NO3S/c1-20(17,18)16-12-5-3-2-4-10(12)15-11-8-9-19-14(11)7-6-13(15)16/h2-9H,1H3. The van der Waals surface area contributed by atoms with Crippen LogP contribution in [0.15, 0.2) is 53.1 Å². The van der Waals surface area contributed by atoms with E-state index in [1.165, 1.54) is 10.2 Å². The molecule has 0 radical (unpaired) electrons. The molecule has 2 heterocycles. The topological polar surface area (TPSA) is 52.2 Å². The summed E-state index contributed by atoms with van der Waals surface area (Å²) in [6.07, 6.45) is 2.84. The molecule has 0 amide bonds. The lowest BCUT2D eigenvalue weighted by Crippen LogP contribution is -2.09. The SMILES string of the molecule is CS(=O)(=O)n1c2ccccc2c2c3ccoc3ccc21. The summed E-state index contributed by atoms with van der Waals surface area (Å²) < 4.78 is 31.1. The van der Waals surface area contributed by atoms with Gasteiger partial charge in [-0.15, -0.1) is 0 Å².